The van der Waals surface area contributed by atoms with Crippen molar-refractivity contribution < 1.29 is 9.59 Å². The molecule has 68 valence electrons. The van der Waals surface area contributed by atoms with Crippen LogP contribution in [0.3, 0.4) is 0 Å². The lowest BCUT2D eigenvalue weighted by Gasteiger charge is -2.29. The van der Waals surface area contributed by atoms with Crippen molar-refractivity contribution in [3.05, 3.63) is 0 Å². The Balaban J connectivity index is 2.92. The summed E-state index contributed by atoms with van der Waals surface area (Å²) in [5, 5.41) is 0. The van der Waals surface area contributed by atoms with Gasteiger partial charge in [0.1, 0.15) is 0 Å². The molecular formula is C9H15NO2. The molecule has 1 aliphatic rings. The van der Waals surface area contributed by atoms with Crippen molar-refractivity contribution in [2.45, 2.75) is 39.7 Å². The highest BCUT2D eigenvalue weighted by Crippen LogP contribution is 2.26. The van der Waals surface area contributed by atoms with Gasteiger partial charge in [0, 0.05) is 17.9 Å². The molecule has 3 nitrogen and oxygen atoms in total. The van der Waals surface area contributed by atoms with Gasteiger partial charge in [-0.05, 0) is 20.8 Å². The Kier molecular flexibility index (Phi) is 1.98. The van der Waals surface area contributed by atoms with E-state index < -0.39 is 0 Å². The molecule has 0 unspecified atom stereocenters. The Labute approximate surface area is 72.7 Å². The second-order valence-corrected chi connectivity index (χ2v) is 4.34. The summed E-state index contributed by atoms with van der Waals surface area (Å²) in [6.07, 6.45) is 0.371. The van der Waals surface area contributed by atoms with Gasteiger partial charge < -0.3 is 0 Å². The SMILES string of the molecule is C[C@H]1CC(=O)N(C(C)(C)C)C1=O. The molecule has 0 spiro atoms. The van der Waals surface area contributed by atoms with E-state index in [0.29, 0.717) is 6.42 Å². The lowest BCUT2D eigenvalue weighted by atomic mass is 10.1. The van der Waals surface area contributed by atoms with E-state index in [-0.39, 0.29) is 23.3 Å². The summed E-state index contributed by atoms with van der Waals surface area (Å²) < 4.78 is 0. The largest absolute Gasteiger partial charge is 0.277 e. The van der Waals surface area contributed by atoms with Crippen LogP contribution in [0.5, 0.6) is 0 Å². The Hall–Kier alpha value is -0.860. The predicted molar refractivity (Wildman–Crippen MR) is 45.4 cm³/mol. The van der Waals surface area contributed by atoms with Crippen LogP contribution < -0.4 is 0 Å². The average molecular weight is 169 g/mol. The molecule has 0 aliphatic carbocycles. The van der Waals surface area contributed by atoms with Gasteiger partial charge in [0.05, 0.1) is 0 Å². The summed E-state index contributed by atoms with van der Waals surface area (Å²) in [5.41, 5.74) is -0.362. The first-order chi connectivity index (χ1) is 5.34. The first kappa shape index (κ1) is 9.23. The number of carbonyl (C=O) groups is 2. The van der Waals surface area contributed by atoms with Gasteiger partial charge in [-0.1, -0.05) is 6.92 Å². The fourth-order valence-corrected chi connectivity index (χ4v) is 1.49. The molecule has 1 aliphatic heterocycles. The zero-order valence-corrected chi connectivity index (χ0v) is 8.05. The summed E-state index contributed by atoms with van der Waals surface area (Å²) in [6.45, 7) is 7.43. The monoisotopic (exact) mass is 169 g/mol. The molecule has 0 N–H and O–H groups in total. The van der Waals surface area contributed by atoms with Crippen LogP contribution in [-0.4, -0.2) is 22.3 Å². The smallest absolute Gasteiger partial charge is 0.233 e. The summed E-state index contributed by atoms with van der Waals surface area (Å²) in [4.78, 5) is 24.2. The molecule has 0 aromatic heterocycles. The van der Waals surface area contributed by atoms with Gasteiger partial charge in [-0.15, -0.1) is 0 Å². The molecule has 0 radical (unpaired) electrons. The molecule has 1 rings (SSSR count). The van der Waals surface area contributed by atoms with Crippen LogP contribution in [0.25, 0.3) is 0 Å². The van der Waals surface area contributed by atoms with Crippen LogP contribution >= 0.6 is 0 Å². The highest BCUT2D eigenvalue weighted by atomic mass is 16.2. The highest BCUT2D eigenvalue weighted by molar-refractivity contribution is 6.04. The van der Waals surface area contributed by atoms with Gasteiger partial charge in [-0.3, -0.25) is 14.5 Å². The third kappa shape index (κ3) is 1.36. The van der Waals surface area contributed by atoms with Crippen molar-refractivity contribution in [1.29, 1.82) is 0 Å². The molecule has 1 fully saturated rings. The Bertz CT molecular complexity index is 227. The molecule has 1 atom stereocenters. The van der Waals surface area contributed by atoms with Crippen LogP contribution in [-0.2, 0) is 9.59 Å². The van der Waals surface area contributed by atoms with Crippen molar-refractivity contribution in [2.24, 2.45) is 5.92 Å². The molecule has 0 aromatic rings. The Morgan fingerprint density at radius 2 is 1.83 bits per heavy atom. The molecule has 2 amide bonds. The van der Waals surface area contributed by atoms with Crippen molar-refractivity contribution in [3.8, 4) is 0 Å². The molecule has 3 heteroatoms. The van der Waals surface area contributed by atoms with Crippen LogP contribution in [0.15, 0.2) is 0 Å². The van der Waals surface area contributed by atoms with Crippen molar-refractivity contribution in [1.82, 2.24) is 4.90 Å². The van der Waals surface area contributed by atoms with Gasteiger partial charge in [-0.25, -0.2) is 0 Å². The van der Waals surface area contributed by atoms with E-state index in [1.807, 2.05) is 20.8 Å². The number of rotatable bonds is 0. The predicted octanol–water partition coefficient (Wildman–Crippen LogP) is 1.18. The Morgan fingerprint density at radius 3 is 2.00 bits per heavy atom. The Morgan fingerprint density at radius 1 is 1.33 bits per heavy atom. The van der Waals surface area contributed by atoms with Gasteiger partial charge in [0.15, 0.2) is 0 Å². The standard InChI is InChI=1S/C9H15NO2/c1-6-5-7(11)10(8(6)12)9(2,3)4/h6H,5H2,1-4H3/t6-/m0/s1. The molecule has 1 heterocycles. The number of nitrogens with zero attached hydrogens (tertiary/aromatic N) is 1. The maximum atomic E-state index is 11.5. The number of carbonyl (C=O) groups excluding carboxylic acids is 2. The molecular weight excluding hydrogens is 154 g/mol. The molecule has 1 saturated heterocycles. The number of likely N-dealkylation sites (tertiary alicyclic amines) is 1. The summed E-state index contributed by atoms with van der Waals surface area (Å²) in [5.74, 6) is -0.204. The zero-order chi connectivity index (χ0) is 9.52. The summed E-state index contributed by atoms with van der Waals surface area (Å²) in [6, 6.07) is 0. The lowest BCUT2D eigenvalue weighted by molar-refractivity contribution is -0.144. The minimum atomic E-state index is -0.362. The van der Waals surface area contributed by atoms with E-state index in [0.717, 1.165) is 0 Å². The fraction of sp³-hybridized carbons (Fsp3) is 0.778. The molecule has 0 saturated carbocycles. The summed E-state index contributed by atoms with van der Waals surface area (Å²) in [7, 11) is 0. The first-order valence-electron chi connectivity index (χ1n) is 4.21. The van der Waals surface area contributed by atoms with E-state index in [2.05, 4.69) is 0 Å². The van der Waals surface area contributed by atoms with E-state index >= 15 is 0 Å². The topological polar surface area (TPSA) is 37.4 Å². The fourth-order valence-electron chi connectivity index (χ4n) is 1.49. The van der Waals surface area contributed by atoms with Crippen molar-refractivity contribution >= 4 is 11.8 Å². The molecule has 0 aromatic carbocycles. The third-order valence-electron chi connectivity index (χ3n) is 2.04. The van der Waals surface area contributed by atoms with Crippen LogP contribution in [0.2, 0.25) is 0 Å². The molecule has 0 bridgehead atoms. The highest BCUT2D eigenvalue weighted by Gasteiger charge is 2.41. The lowest BCUT2D eigenvalue weighted by Crippen LogP contribution is -2.45. The van der Waals surface area contributed by atoms with E-state index in [4.69, 9.17) is 0 Å². The number of amides is 2. The quantitative estimate of drug-likeness (QED) is 0.511. The summed E-state index contributed by atoms with van der Waals surface area (Å²) >= 11 is 0. The molecule has 12 heavy (non-hydrogen) atoms. The van der Waals surface area contributed by atoms with Gasteiger partial charge in [0.25, 0.3) is 0 Å². The number of imide groups is 1. The van der Waals surface area contributed by atoms with E-state index in [1.165, 1.54) is 4.90 Å². The van der Waals surface area contributed by atoms with Crippen molar-refractivity contribution in [2.75, 3.05) is 0 Å². The van der Waals surface area contributed by atoms with Crippen LogP contribution in [0, 0.1) is 5.92 Å². The number of hydrogen-bond donors (Lipinski definition) is 0. The second-order valence-electron chi connectivity index (χ2n) is 4.34. The zero-order valence-electron chi connectivity index (χ0n) is 8.05. The minimum Gasteiger partial charge on any atom is -0.277 e. The van der Waals surface area contributed by atoms with Crippen molar-refractivity contribution in [3.63, 3.8) is 0 Å². The second kappa shape index (κ2) is 2.57. The van der Waals surface area contributed by atoms with E-state index in [1.54, 1.807) is 6.92 Å². The minimum absolute atomic E-state index is 0.0347. The first-order valence-corrected chi connectivity index (χ1v) is 4.21. The van der Waals surface area contributed by atoms with Gasteiger partial charge in [-0.2, -0.15) is 0 Å². The van der Waals surface area contributed by atoms with E-state index in [9.17, 15) is 9.59 Å². The normalized spacial score (nSPS) is 25.3. The van der Waals surface area contributed by atoms with Crippen LogP contribution in [0.4, 0.5) is 0 Å². The third-order valence-corrected chi connectivity index (χ3v) is 2.04. The maximum Gasteiger partial charge on any atom is 0.233 e. The number of hydrogen-bond acceptors (Lipinski definition) is 2. The van der Waals surface area contributed by atoms with Gasteiger partial charge >= 0.3 is 0 Å². The van der Waals surface area contributed by atoms with Crippen LogP contribution in [0.1, 0.15) is 34.1 Å². The van der Waals surface area contributed by atoms with Gasteiger partial charge in [0.2, 0.25) is 11.8 Å². The maximum absolute atomic E-state index is 11.5. The average Bonchev–Trinajstić information content (AvgIpc) is 2.05.